The molecule has 0 saturated heterocycles. The van der Waals surface area contributed by atoms with Gasteiger partial charge in [-0.25, -0.2) is 4.39 Å². The first kappa shape index (κ1) is 22.5. The number of fused-ring (bicyclic) bond motifs is 1. The van der Waals surface area contributed by atoms with Crippen LogP contribution in [0.5, 0.6) is 11.5 Å². The maximum atomic E-state index is 13.8. The molecule has 8 heteroatoms. The minimum Gasteiger partial charge on any atom is -0.497 e. The number of methoxy groups -OCH3 is 2. The minimum absolute atomic E-state index is 0.372. The molecule has 1 N–H and O–H groups in total. The first-order chi connectivity index (χ1) is 17.0. The molecule has 5 aromatic rings. The van der Waals surface area contributed by atoms with E-state index in [1.54, 1.807) is 13.2 Å². The van der Waals surface area contributed by atoms with Gasteiger partial charge in [0.1, 0.15) is 23.1 Å². The zero-order chi connectivity index (χ0) is 24.5. The van der Waals surface area contributed by atoms with Crippen molar-refractivity contribution in [3.8, 4) is 22.6 Å². The first-order valence-corrected chi connectivity index (χ1v) is 11.1. The predicted octanol–water partition coefficient (Wildman–Crippen LogP) is 6.26. The smallest absolute Gasteiger partial charge is 0.160 e. The molecule has 5 rings (SSSR count). The second-order valence-corrected chi connectivity index (χ2v) is 8.26. The molecule has 2 aromatic heterocycles. The average molecular weight is 473 g/mol. The Hall–Kier alpha value is -4.33. The van der Waals surface area contributed by atoms with E-state index in [4.69, 9.17) is 19.1 Å². The third-order valence-electron chi connectivity index (χ3n) is 5.98. The molecule has 0 aliphatic carbocycles. The third kappa shape index (κ3) is 4.30. The van der Waals surface area contributed by atoms with Gasteiger partial charge in [-0.05, 0) is 61.4 Å². The first-order valence-electron chi connectivity index (χ1n) is 11.1. The van der Waals surface area contributed by atoms with Gasteiger partial charge in [-0.2, -0.15) is 5.10 Å². The lowest BCUT2D eigenvalue weighted by Crippen LogP contribution is -2.03. The molecular weight excluding hydrogens is 447 g/mol. The normalized spacial score (nSPS) is 11.1. The molecule has 0 spiro atoms. The Morgan fingerprint density at radius 2 is 1.77 bits per heavy atom. The lowest BCUT2D eigenvalue weighted by Gasteiger charge is -2.10. The number of benzene rings is 3. The van der Waals surface area contributed by atoms with Gasteiger partial charge in [0.05, 0.1) is 37.7 Å². The number of aromatic nitrogens is 3. The van der Waals surface area contributed by atoms with Crippen molar-refractivity contribution in [3.05, 3.63) is 83.5 Å². The standard InChI is InChI=1S/C27H25FN4O3/c1-16-26(17(2)35-31-16)19-7-12-24-22(13-19)27(29-23-11-8-20(28)14-25(23)34-4)30-32(24)15-18-5-9-21(33-3)10-6-18/h5-14H,15H2,1-4H3,(H,29,30). The maximum absolute atomic E-state index is 13.8. The molecule has 0 aliphatic heterocycles. The van der Waals surface area contributed by atoms with Gasteiger partial charge in [0.15, 0.2) is 5.82 Å². The lowest BCUT2D eigenvalue weighted by molar-refractivity contribution is 0.393. The van der Waals surface area contributed by atoms with Gasteiger partial charge in [0.25, 0.3) is 0 Å². The Morgan fingerprint density at radius 1 is 0.971 bits per heavy atom. The predicted molar refractivity (Wildman–Crippen MR) is 133 cm³/mol. The van der Waals surface area contributed by atoms with Gasteiger partial charge in [-0.15, -0.1) is 0 Å². The highest BCUT2D eigenvalue weighted by Gasteiger charge is 2.17. The van der Waals surface area contributed by atoms with Crippen molar-refractivity contribution in [2.45, 2.75) is 20.4 Å². The monoisotopic (exact) mass is 472 g/mol. The van der Waals surface area contributed by atoms with Crippen LogP contribution in [0.15, 0.2) is 65.2 Å². The summed E-state index contributed by atoms with van der Waals surface area (Å²) in [5.74, 6) is 2.20. The highest BCUT2D eigenvalue weighted by Crippen LogP contribution is 2.35. The van der Waals surface area contributed by atoms with Crippen molar-refractivity contribution in [2.24, 2.45) is 0 Å². The van der Waals surface area contributed by atoms with E-state index >= 15 is 0 Å². The van der Waals surface area contributed by atoms with E-state index in [1.165, 1.54) is 19.2 Å². The Bertz CT molecular complexity index is 1490. The molecule has 0 aliphatic rings. The number of aryl methyl sites for hydroxylation is 2. The molecule has 0 unspecified atom stereocenters. The van der Waals surface area contributed by atoms with Gasteiger partial charge >= 0.3 is 0 Å². The summed E-state index contributed by atoms with van der Waals surface area (Å²) in [7, 11) is 3.16. The van der Waals surface area contributed by atoms with Crippen LogP contribution in [0.1, 0.15) is 17.0 Å². The highest BCUT2D eigenvalue weighted by atomic mass is 19.1. The van der Waals surface area contributed by atoms with E-state index in [0.717, 1.165) is 44.8 Å². The SMILES string of the molecule is COc1ccc(Cn2nc(Nc3ccc(F)cc3OC)c3cc(-c4c(C)noc4C)ccc32)cc1. The molecule has 0 saturated carbocycles. The molecule has 0 fully saturated rings. The van der Waals surface area contributed by atoms with Gasteiger partial charge in [0, 0.05) is 17.0 Å². The summed E-state index contributed by atoms with van der Waals surface area (Å²) < 4.78 is 31.7. The number of hydrogen-bond donors (Lipinski definition) is 1. The number of anilines is 2. The fourth-order valence-corrected chi connectivity index (χ4v) is 4.24. The van der Waals surface area contributed by atoms with E-state index in [2.05, 4.69) is 16.5 Å². The largest absolute Gasteiger partial charge is 0.497 e. The van der Waals surface area contributed by atoms with Crippen molar-refractivity contribution < 1.29 is 18.4 Å². The third-order valence-corrected chi connectivity index (χ3v) is 5.98. The van der Waals surface area contributed by atoms with Gasteiger partial charge in [0.2, 0.25) is 0 Å². The number of ether oxygens (including phenoxy) is 2. The molecule has 35 heavy (non-hydrogen) atoms. The minimum atomic E-state index is -0.372. The van der Waals surface area contributed by atoms with E-state index in [9.17, 15) is 4.39 Å². The summed E-state index contributed by atoms with van der Waals surface area (Å²) in [6.07, 6.45) is 0. The zero-order valence-corrected chi connectivity index (χ0v) is 19.9. The van der Waals surface area contributed by atoms with Crippen molar-refractivity contribution in [3.63, 3.8) is 0 Å². The summed E-state index contributed by atoms with van der Waals surface area (Å²) in [6, 6.07) is 18.4. The molecule has 3 aromatic carbocycles. The van der Waals surface area contributed by atoms with Crippen molar-refractivity contribution in [1.82, 2.24) is 14.9 Å². The molecule has 7 nitrogen and oxygen atoms in total. The maximum Gasteiger partial charge on any atom is 0.160 e. The summed E-state index contributed by atoms with van der Waals surface area (Å²) in [5.41, 5.74) is 5.40. The second-order valence-electron chi connectivity index (χ2n) is 8.26. The fourth-order valence-electron chi connectivity index (χ4n) is 4.24. The zero-order valence-electron chi connectivity index (χ0n) is 19.9. The van der Waals surface area contributed by atoms with Crippen molar-refractivity contribution in [2.75, 3.05) is 19.5 Å². The molecule has 0 amide bonds. The Kier molecular flexibility index (Phi) is 5.86. The van der Waals surface area contributed by atoms with Crippen LogP contribution >= 0.6 is 0 Å². The summed E-state index contributed by atoms with van der Waals surface area (Å²) in [4.78, 5) is 0. The highest BCUT2D eigenvalue weighted by molar-refractivity contribution is 5.95. The number of nitrogens with one attached hydrogen (secondary N) is 1. The molecule has 2 heterocycles. The molecule has 0 atom stereocenters. The van der Waals surface area contributed by atoms with Crippen LogP contribution in [0, 0.1) is 19.7 Å². The van der Waals surface area contributed by atoms with Crippen LogP contribution in [0.4, 0.5) is 15.9 Å². The second kappa shape index (κ2) is 9.13. The van der Waals surface area contributed by atoms with Gasteiger partial charge < -0.3 is 19.3 Å². The van der Waals surface area contributed by atoms with E-state index < -0.39 is 0 Å². The Balaban J connectivity index is 1.62. The Labute approximate surface area is 202 Å². The van der Waals surface area contributed by atoms with E-state index in [-0.39, 0.29) is 5.82 Å². The number of halogens is 1. The van der Waals surface area contributed by atoms with Crippen LogP contribution in [0.25, 0.3) is 22.0 Å². The van der Waals surface area contributed by atoms with Crippen molar-refractivity contribution in [1.29, 1.82) is 0 Å². The van der Waals surface area contributed by atoms with Crippen LogP contribution in [-0.4, -0.2) is 29.2 Å². The Morgan fingerprint density at radius 3 is 2.46 bits per heavy atom. The van der Waals surface area contributed by atoms with Crippen LogP contribution in [0.3, 0.4) is 0 Å². The summed E-state index contributed by atoms with van der Waals surface area (Å²) in [6.45, 7) is 4.38. The van der Waals surface area contributed by atoms with Gasteiger partial charge in [-0.1, -0.05) is 23.4 Å². The summed E-state index contributed by atoms with van der Waals surface area (Å²) in [5, 5.41) is 13.2. The topological polar surface area (TPSA) is 74.3 Å². The van der Waals surface area contributed by atoms with Crippen LogP contribution in [-0.2, 0) is 6.54 Å². The summed E-state index contributed by atoms with van der Waals surface area (Å²) >= 11 is 0. The number of hydrogen-bond acceptors (Lipinski definition) is 6. The molecular formula is C27H25FN4O3. The van der Waals surface area contributed by atoms with Crippen molar-refractivity contribution >= 4 is 22.4 Å². The van der Waals surface area contributed by atoms with Crippen LogP contribution < -0.4 is 14.8 Å². The number of nitrogens with zero attached hydrogens (tertiary/aromatic N) is 3. The van der Waals surface area contributed by atoms with Gasteiger partial charge in [-0.3, -0.25) is 4.68 Å². The lowest BCUT2D eigenvalue weighted by atomic mass is 10.0. The average Bonchev–Trinajstić information content (AvgIpc) is 3.38. The molecule has 0 bridgehead atoms. The molecule has 178 valence electrons. The quantitative estimate of drug-likeness (QED) is 0.302. The fraction of sp³-hybridized carbons (Fsp3) is 0.185. The molecule has 0 radical (unpaired) electrons. The van der Waals surface area contributed by atoms with E-state index in [1.807, 2.05) is 54.9 Å². The number of rotatable bonds is 7. The van der Waals surface area contributed by atoms with E-state index in [0.29, 0.717) is 23.8 Å². The van der Waals surface area contributed by atoms with Crippen LogP contribution in [0.2, 0.25) is 0 Å².